The number of H-pyrrole nitrogens is 1. The summed E-state index contributed by atoms with van der Waals surface area (Å²) in [6.07, 6.45) is 1.79. The molecule has 170 valence electrons. The predicted molar refractivity (Wildman–Crippen MR) is 130 cm³/mol. The molecular formula is C26H28N4O3. The first-order chi connectivity index (χ1) is 15.8. The van der Waals surface area contributed by atoms with Crippen molar-refractivity contribution in [1.82, 2.24) is 9.88 Å². The summed E-state index contributed by atoms with van der Waals surface area (Å²) < 4.78 is 0. The van der Waals surface area contributed by atoms with E-state index in [-0.39, 0.29) is 22.9 Å². The lowest BCUT2D eigenvalue weighted by Gasteiger charge is -2.32. The van der Waals surface area contributed by atoms with E-state index in [1.165, 1.54) is 11.6 Å². The van der Waals surface area contributed by atoms with Crippen LogP contribution in [0.1, 0.15) is 56.3 Å². The van der Waals surface area contributed by atoms with E-state index in [2.05, 4.69) is 22.4 Å². The zero-order valence-electron chi connectivity index (χ0n) is 18.9. The minimum Gasteiger partial charge on any atom is -0.399 e. The minimum atomic E-state index is -0.388. The van der Waals surface area contributed by atoms with Crippen molar-refractivity contribution in [2.45, 2.75) is 32.6 Å². The molecule has 0 spiro atoms. The van der Waals surface area contributed by atoms with Crippen LogP contribution < -0.4 is 16.6 Å². The third-order valence-electron chi connectivity index (χ3n) is 6.16. The summed E-state index contributed by atoms with van der Waals surface area (Å²) in [5.41, 5.74) is 10.3. The van der Waals surface area contributed by atoms with Crippen molar-refractivity contribution in [3.8, 4) is 0 Å². The highest BCUT2D eigenvalue weighted by molar-refractivity contribution is 6.05. The predicted octanol–water partition coefficient (Wildman–Crippen LogP) is 3.85. The summed E-state index contributed by atoms with van der Waals surface area (Å²) >= 11 is 0. The molecule has 3 aromatic rings. The molecule has 33 heavy (non-hydrogen) atoms. The number of anilines is 2. The average molecular weight is 445 g/mol. The molecule has 0 bridgehead atoms. The lowest BCUT2D eigenvalue weighted by Crippen LogP contribution is -2.38. The van der Waals surface area contributed by atoms with Gasteiger partial charge in [-0.15, -0.1) is 0 Å². The van der Waals surface area contributed by atoms with E-state index in [4.69, 9.17) is 5.73 Å². The number of pyridine rings is 1. The minimum absolute atomic E-state index is 0.0479. The maximum absolute atomic E-state index is 13.1. The van der Waals surface area contributed by atoms with Gasteiger partial charge in [-0.3, -0.25) is 14.4 Å². The van der Waals surface area contributed by atoms with E-state index < -0.39 is 0 Å². The fourth-order valence-electron chi connectivity index (χ4n) is 4.26. The Hall–Kier alpha value is -3.87. The van der Waals surface area contributed by atoms with Gasteiger partial charge in [-0.1, -0.05) is 18.2 Å². The second kappa shape index (κ2) is 9.32. The fraction of sp³-hybridized carbons (Fsp3) is 0.269. The van der Waals surface area contributed by atoms with E-state index >= 15 is 0 Å². The van der Waals surface area contributed by atoms with E-state index in [0.29, 0.717) is 36.0 Å². The molecule has 1 aliphatic rings. The third-order valence-corrected chi connectivity index (χ3v) is 6.16. The van der Waals surface area contributed by atoms with Crippen LogP contribution in [0.15, 0.2) is 59.4 Å². The van der Waals surface area contributed by atoms with E-state index in [9.17, 15) is 14.4 Å². The van der Waals surface area contributed by atoms with Gasteiger partial charge in [0.2, 0.25) is 5.56 Å². The number of nitrogens with two attached hydrogens (primary N) is 1. The quantitative estimate of drug-likeness (QED) is 0.531. The second-order valence-corrected chi connectivity index (χ2v) is 8.63. The Bertz CT molecular complexity index is 1240. The zero-order chi connectivity index (χ0) is 23.5. The molecule has 0 unspecified atom stereocenters. The highest BCUT2D eigenvalue weighted by Gasteiger charge is 2.25. The van der Waals surface area contributed by atoms with Crippen molar-refractivity contribution in [2.75, 3.05) is 24.1 Å². The number of piperidine rings is 1. The van der Waals surface area contributed by atoms with Gasteiger partial charge in [0.1, 0.15) is 0 Å². The van der Waals surface area contributed by atoms with Crippen molar-refractivity contribution in [1.29, 1.82) is 0 Å². The number of nitrogens with zero attached hydrogens (tertiary/aromatic N) is 1. The first kappa shape index (κ1) is 22.3. The highest BCUT2D eigenvalue weighted by atomic mass is 16.2. The summed E-state index contributed by atoms with van der Waals surface area (Å²) in [4.78, 5) is 42.0. The van der Waals surface area contributed by atoms with Crippen molar-refractivity contribution < 1.29 is 9.59 Å². The average Bonchev–Trinajstić information content (AvgIpc) is 2.80. The number of likely N-dealkylation sites (tertiary alicyclic amines) is 1. The summed E-state index contributed by atoms with van der Waals surface area (Å²) in [6.45, 7) is 4.94. The van der Waals surface area contributed by atoms with Gasteiger partial charge in [0.15, 0.2) is 0 Å². The largest absolute Gasteiger partial charge is 0.399 e. The van der Waals surface area contributed by atoms with E-state index in [1.807, 2.05) is 30.0 Å². The van der Waals surface area contributed by atoms with Crippen molar-refractivity contribution >= 4 is 23.2 Å². The molecule has 1 fully saturated rings. The maximum atomic E-state index is 13.1. The van der Waals surface area contributed by atoms with Gasteiger partial charge < -0.3 is 20.9 Å². The molecule has 4 rings (SSSR count). The second-order valence-electron chi connectivity index (χ2n) is 8.63. The Balaban J connectivity index is 1.44. The first-order valence-electron chi connectivity index (χ1n) is 11.1. The number of hydrogen-bond donors (Lipinski definition) is 3. The number of nitrogen functional groups attached to an aromatic ring is 1. The Kier molecular flexibility index (Phi) is 6.31. The van der Waals surface area contributed by atoms with Gasteiger partial charge in [0, 0.05) is 47.4 Å². The van der Waals surface area contributed by atoms with Crippen LogP contribution in [0.5, 0.6) is 0 Å². The number of carbonyl (C=O) groups is 2. The number of aromatic nitrogens is 1. The van der Waals surface area contributed by atoms with Gasteiger partial charge in [0.05, 0.1) is 0 Å². The number of rotatable bonds is 4. The fourth-order valence-corrected chi connectivity index (χ4v) is 4.26. The number of nitrogens with one attached hydrogen (secondary N) is 2. The molecule has 0 saturated carbocycles. The number of hydrogen-bond acceptors (Lipinski definition) is 4. The molecule has 2 aromatic carbocycles. The monoisotopic (exact) mass is 444 g/mol. The van der Waals surface area contributed by atoms with Crippen LogP contribution in [0.3, 0.4) is 0 Å². The van der Waals surface area contributed by atoms with Crippen molar-refractivity contribution in [3.05, 3.63) is 92.9 Å². The molecule has 0 atom stereocenters. The molecule has 0 aliphatic carbocycles. The molecule has 1 aliphatic heterocycles. The summed E-state index contributed by atoms with van der Waals surface area (Å²) in [5.74, 6) is -0.0190. The Morgan fingerprint density at radius 3 is 2.33 bits per heavy atom. The van der Waals surface area contributed by atoms with Crippen LogP contribution in [-0.2, 0) is 0 Å². The van der Waals surface area contributed by atoms with E-state index in [1.54, 1.807) is 25.1 Å². The lowest BCUT2D eigenvalue weighted by molar-refractivity contribution is 0.0712. The number of carbonyl (C=O) groups excluding carboxylic acids is 2. The molecule has 1 aromatic heterocycles. The Labute approximate surface area is 192 Å². The first-order valence-corrected chi connectivity index (χ1v) is 11.1. The molecular weight excluding hydrogens is 416 g/mol. The van der Waals surface area contributed by atoms with E-state index in [0.717, 1.165) is 24.1 Å². The number of aromatic amines is 1. The molecule has 2 heterocycles. The highest BCUT2D eigenvalue weighted by Crippen LogP contribution is 2.29. The normalized spacial score (nSPS) is 14.2. The SMILES string of the molecule is Cc1cc(C(=O)Nc2cc(C(=O)N3CCC(c4ccc(N)cc4)CC3)ccc2C)cc(=O)[nH]1. The van der Waals surface area contributed by atoms with Crippen LogP contribution in [0.25, 0.3) is 0 Å². The zero-order valence-corrected chi connectivity index (χ0v) is 18.9. The van der Waals surface area contributed by atoms with Gasteiger partial charge in [-0.25, -0.2) is 0 Å². The molecule has 4 N–H and O–H groups in total. The lowest BCUT2D eigenvalue weighted by atomic mass is 9.89. The van der Waals surface area contributed by atoms with Gasteiger partial charge in [0.25, 0.3) is 11.8 Å². The molecule has 7 nitrogen and oxygen atoms in total. The standard InChI is InChI=1S/C26H28N4O3/c1-16-3-4-20(14-23(16)29-25(32)21-13-17(2)28-24(31)15-21)26(33)30-11-9-19(10-12-30)18-5-7-22(27)8-6-18/h3-8,13-15,19H,9-12,27H2,1-2H3,(H,28,31)(H,29,32). The third kappa shape index (κ3) is 5.14. The van der Waals surface area contributed by atoms with Crippen LogP contribution in [0.2, 0.25) is 0 Å². The van der Waals surface area contributed by atoms with Gasteiger partial charge in [-0.05, 0) is 74.1 Å². The van der Waals surface area contributed by atoms with Crippen molar-refractivity contribution in [3.63, 3.8) is 0 Å². The number of amides is 2. The number of aryl methyl sites for hydroxylation is 2. The van der Waals surface area contributed by atoms with Crippen LogP contribution in [0.4, 0.5) is 11.4 Å². The smallest absolute Gasteiger partial charge is 0.255 e. The summed E-state index contributed by atoms with van der Waals surface area (Å²) in [6, 6.07) is 16.2. The molecule has 1 saturated heterocycles. The Morgan fingerprint density at radius 2 is 1.67 bits per heavy atom. The molecule has 0 radical (unpaired) electrons. The summed E-state index contributed by atoms with van der Waals surface area (Å²) in [5, 5.41) is 2.84. The van der Waals surface area contributed by atoms with Crippen molar-refractivity contribution in [2.24, 2.45) is 0 Å². The van der Waals surface area contributed by atoms with Gasteiger partial charge >= 0.3 is 0 Å². The maximum Gasteiger partial charge on any atom is 0.255 e. The van der Waals surface area contributed by atoms with Crippen LogP contribution in [-0.4, -0.2) is 34.8 Å². The van der Waals surface area contributed by atoms with Crippen LogP contribution in [0, 0.1) is 13.8 Å². The molecule has 7 heteroatoms. The van der Waals surface area contributed by atoms with Gasteiger partial charge in [-0.2, -0.15) is 0 Å². The number of benzene rings is 2. The summed E-state index contributed by atoms with van der Waals surface area (Å²) in [7, 11) is 0. The topological polar surface area (TPSA) is 108 Å². The van der Waals surface area contributed by atoms with Crippen LogP contribution >= 0.6 is 0 Å². The Morgan fingerprint density at radius 1 is 0.970 bits per heavy atom. The molecule has 2 amide bonds.